The molecule has 0 aromatic carbocycles. The first-order valence-electron chi connectivity index (χ1n) is 7.67. The van der Waals surface area contributed by atoms with Crippen LogP contribution < -0.4 is 10.2 Å². The van der Waals surface area contributed by atoms with E-state index in [1.807, 2.05) is 18.2 Å². The fraction of sp³-hybridized carbons (Fsp3) is 0.375. The Kier molecular flexibility index (Phi) is 4.77. The van der Waals surface area contributed by atoms with Crippen LogP contribution in [0.15, 0.2) is 36.7 Å². The predicted octanol–water partition coefficient (Wildman–Crippen LogP) is 0.553. The lowest BCUT2D eigenvalue weighted by molar-refractivity contribution is 0.0945. The molecule has 1 amide bonds. The second-order valence-electron chi connectivity index (χ2n) is 5.61. The first-order chi connectivity index (χ1) is 11.2. The zero-order valence-corrected chi connectivity index (χ0v) is 13.1. The van der Waals surface area contributed by atoms with Crippen LogP contribution in [0.25, 0.3) is 0 Å². The molecule has 7 nitrogen and oxygen atoms in total. The summed E-state index contributed by atoms with van der Waals surface area (Å²) in [6.07, 6.45) is 3.43. The van der Waals surface area contributed by atoms with Crippen molar-refractivity contribution in [2.24, 2.45) is 0 Å². The molecule has 2 aromatic rings. The Hall–Kier alpha value is -2.54. The third-order valence-electron chi connectivity index (χ3n) is 3.89. The van der Waals surface area contributed by atoms with Crippen LogP contribution in [0.4, 0.5) is 5.82 Å². The molecule has 0 aliphatic carbocycles. The van der Waals surface area contributed by atoms with Crippen molar-refractivity contribution in [1.82, 2.24) is 25.4 Å². The second-order valence-corrected chi connectivity index (χ2v) is 5.61. The zero-order valence-electron chi connectivity index (χ0n) is 13.1. The van der Waals surface area contributed by atoms with Crippen molar-refractivity contribution in [3.63, 3.8) is 0 Å². The van der Waals surface area contributed by atoms with Crippen LogP contribution in [0.3, 0.4) is 0 Å². The number of nitrogens with zero attached hydrogens (tertiary/aromatic N) is 5. The van der Waals surface area contributed by atoms with E-state index < -0.39 is 0 Å². The Morgan fingerprint density at radius 1 is 1.17 bits per heavy atom. The number of likely N-dealkylation sites (N-methyl/N-ethyl adjacent to an activating group) is 1. The average molecular weight is 312 g/mol. The summed E-state index contributed by atoms with van der Waals surface area (Å²) in [5.41, 5.74) is 1.27. The summed E-state index contributed by atoms with van der Waals surface area (Å²) >= 11 is 0. The topological polar surface area (TPSA) is 74.2 Å². The van der Waals surface area contributed by atoms with Gasteiger partial charge in [0, 0.05) is 45.1 Å². The number of rotatable bonds is 4. The maximum Gasteiger partial charge on any atom is 0.272 e. The maximum atomic E-state index is 12.1. The van der Waals surface area contributed by atoms with Crippen LogP contribution in [0.5, 0.6) is 0 Å². The molecule has 23 heavy (non-hydrogen) atoms. The van der Waals surface area contributed by atoms with Gasteiger partial charge in [0.25, 0.3) is 5.91 Å². The Bertz CT molecular complexity index is 637. The van der Waals surface area contributed by atoms with Gasteiger partial charge in [-0.25, -0.2) is 0 Å². The van der Waals surface area contributed by atoms with Gasteiger partial charge in [0.1, 0.15) is 0 Å². The summed E-state index contributed by atoms with van der Waals surface area (Å²) in [6.45, 7) is 4.30. The second kappa shape index (κ2) is 7.15. The highest BCUT2D eigenvalue weighted by Crippen LogP contribution is 2.12. The quantitative estimate of drug-likeness (QED) is 0.889. The highest BCUT2D eigenvalue weighted by molar-refractivity contribution is 5.92. The smallest absolute Gasteiger partial charge is 0.272 e. The third-order valence-corrected chi connectivity index (χ3v) is 3.89. The minimum Gasteiger partial charge on any atom is -0.353 e. The van der Waals surface area contributed by atoms with Crippen molar-refractivity contribution in [3.05, 3.63) is 47.9 Å². The molecule has 1 N–H and O–H groups in total. The summed E-state index contributed by atoms with van der Waals surface area (Å²) in [4.78, 5) is 20.6. The number of piperazine rings is 1. The molecule has 0 unspecified atom stereocenters. The highest BCUT2D eigenvalue weighted by atomic mass is 16.1. The number of pyridine rings is 1. The minimum absolute atomic E-state index is 0.230. The lowest BCUT2D eigenvalue weighted by Crippen LogP contribution is -2.44. The van der Waals surface area contributed by atoms with E-state index in [0.717, 1.165) is 37.6 Å². The number of hydrogen-bond donors (Lipinski definition) is 1. The molecule has 0 atom stereocenters. The summed E-state index contributed by atoms with van der Waals surface area (Å²) in [5.74, 6) is 0.591. The number of amides is 1. The molecule has 3 rings (SSSR count). The molecule has 1 aliphatic rings. The van der Waals surface area contributed by atoms with Crippen LogP contribution >= 0.6 is 0 Å². The van der Waals surface area contributed by atoms with Gasteiger partial charge in [0.05, 0.1) is 0 Å². The largest absolute Gasteiger partial charge is 0.353 e. The molecule has 1 saturated heterocycles. The molecule has 120 valence electrons. The molecule has 0 spiro atoms. The number of anilines is 1. The molecule has 0 saturated carbocycles. The van der Waals surface area contributed by atoms with Crippen molar-refractivity contribution in [1.29, 1.82) is 0 Å². The van der Waals surface area contributed by atoms with E-state index in [2.05, 4.69) is 37.3 Å². The summed E-state index contributed by atoms with van der Waals surface area (Å²) in [6, 6.07) is 7.33. The van der Waals surface area contributed by atoms with Crippen LogP contribution in [0.2, 0.25) is 0 Å². The number of carbonyl (C=O) groups excluding carboxylic acids is 1. The number of carbonyl (C=O) groups is 1. The molecule has 1 aliphatic heterocycles. The van der Waals surface area contributed by atoms with Crippen LogP contribution in [-0.2, 0) is 6.54 Å². The standard InChI is InChI=1S/C16H20N6O/c1-21-7-9-22(10-8-21)15-5-4-14(19-20-15)16(23)18-12-13-3-2-6-17-11-13/h2-6,11H,7-10,12H2,1H3,(H,18,23). The summed E-state index contributed by atoms with van der Waals surface area (Å²) in [7, 11) is 2.11. The summed E-state index contributed by atoms with van der Waals surface area (Å²) in [5, 5.41) is 11.1. The van der Waals surface area contributed by atoms with E-state index in [1.54, 1.807) is 18.5 Å². The molecule has 0 radical (unpaired) electrons. The van der Waals surface area contributed by atoms with Crippen molar-refractivity contribution >= 4 is 11.7 Å². The third kappa shape index (κ3) is 4.01. The molecule has 0 bridgehead atoms. The van der Waals surface area contributed by atoms with E-state index in [-0.39, 0.29) is 5.91 Å². The first kappa shape index (κ1) is 15.4. The van der Waals surface area contributed by atoms with Gasteiger partial charge in [0.2, 0.25) is 0 Å². The number of hydrogen-bond acceptors (Lipinski definition) is 6. The first-order valence-corrected chi connectivity index (χ1v) is 7.67. The SMILES string of the molecule is CN1CCN(c2ccc(C(=O)NCc3cccnc3)nn2)CC1. The maximum absolute atomic E-state index is 12.1. The van der Waals surface area contributed by atoms with Gasteiger partial charge in [-0.05, 0) is 30.8 Å². The number of nitrogens with one attached hydrogen (secondary N) is 1. The fourth-order valence-corrected chi connectivity index (χ4v) is 2.43. The van der Waals surface area contributed by atoms with Gasteiger partial charge >= 0.3 is 0 Å². The highest BCUT2D eigenvalue weighted by Gasteiger charge is 2.16. The van der Waals surface area contributed by atoms with Gasteiger partial charge < -0.3 is 15.1 Å². The van der Waals surface area contributed by atoms with Gasteiger partial charge in [-0.1, -0.05) is 6.07 Å². The Labute approximate surface area is 135 Å². The predicted molar refractivity (Wildman–Crippen MR) is 87.1 cm³/mol. The Balaban J connectivity index is 1.57. The van der Waals surface area contributed by atoms with Crippen LogP contribution in [0.1, 0.15) is 16.1 Å². The molecule has 1 fully saturated rings. The van der Waals surface area contributed by atoms with Crippen molar-refractivity contribution in [3.8, 4) is 0 Å². The van der Waals surface area contributed by atoms with E-state index >= 15 is 0 Å². The zero-order chi connectivity index (χ0) is 16.1. The van der Waals surface area contributed by atoms with E-state index in [1.165, 1.54) is 0 Å². The van der Waals surface area contributed by atoms with Gasteiger partial charge in [-0.15, -0.1) is 10.2 Å². The van der Waals surface area contributed by atoms with Crippen LogP contribution in [0, 0.1) is 0 Å². The molecular formula is C16H20N6O. The molecule has 3 heterocycles. The van der Waals surface area contributed by atoms with Gasteiger partial charge in [0.15, 0.2) is 11.5 Å². The normalized spacial score (nSPS) is 15.4. The molecule has 2 aromatic heterocycles. The van der Waals surface area contributed by atoms with Crippen LogP contribution in [-0.4, -0.2) is 59.2 Å². The summed E-state index contributed by atoms with van der Waals surface area (Å²) < 4.78 is 0. The Morgan fingerprint density at radius 3 is 2.65 bits per heavy atom. The minimum atomic E-state index is -0.230. The van der Waals surface area contributed by atoms with E-state index in [0.29, 0.717) is 12.2 Å². The molecule has 7 heteroatoms. The van der Waals surface area contributed by atoms with E-state index in [4.69, 9.17) is 0 Å². The van der Waals surface area contributed by atoms with Crippen molar-refractivity contribution in [2.45, 2.75) is 6.54 Å². The van der Waals surface area contributed by atoms with Crippen molar-refractivity contribution < 1.29 is 4.79 Å². The fourth-order valence-electron chi connectivity index (χ4n) is 2.43. The lowest BCUT2D eigenvalue weighted by atomic mass is 10.2. The van der Waals surface area contributed by atoms with Gasteiger partial charge in [-0.3, -0.25) is 9.78 Å². The Morgan fingerprint density at radius 2 is 2.00 bits per heavy atom. The monoisotopic (exact) mass is 312 g/mol. The average Bonchev–Trinajstić information content (AvgIpc) is 2.61. The van der Waals surface area contributed by atoms with E-state index in [9.17, 15) is 4.79 Å². The van der Waals surface area contributed by atoms with Gasteiger partial charge in [-0.2, -0.15) is 0 Å². The molecular weight excluding hydrogens is 292 g/mol. The number of aromatic nitrogens is 3. The lowest BCUT2D eigenvalue weighted by Gasteiger charge is -2.32. The van der Waals surface area contributed by atoms with Crippen molar-refractivity contribution in [2.75, 3.05) is 38.1 Å².